The van der Waals surface area contributed by atoms with Crippen molar-refractivity contribution in [2.24, 2.45) is 0 Å². The van der Waals surface area contributed by atoms with E-state index in [2.05, 4.69) is 49.3 Å². The second-order valence-electron chi connectivity index (χ2n) is 6.54. The van der Waals surface area contributed by atoms with Crippen LogP contribution in [0.25, 0.3) is 0 Å². The number of hydrogen-bond acceptors (Lipinski definition) is 3. The van der Waals surface area contributed by atoms with Crippen LogP contribution in [0, 0.1) is 0 Å². The first-order valence-corrected chi connectivity index (χ1v) is 8.31. The van der Waals surface area contributed by atoms with Gasteiger partial charge in [-0.2, -0.15) is 0 Å². The monoisotopic (exact) mass is 288 g/mol. The number of rotatable bonds is 4. The minimum atomic E-state index is 0.421. The predicted octanol–water partition coefficient (Wildman–Crippen LogP) is 3.14. The first-order valence-electron chi connectivity index (χ1n) is 8.31. The molecule has 3 heteroatoms. The molecule has 0 amide bonds. The molecule has 1 aliphatic heterocycles. The normalized spacial score (nSPS) is 32.4. The summed E-state index contributed by atoms with van der Waals surface area (Å²) >= 11 is 0. The Morgan fingerprint density at radius 3 is 2.81 bits per heavy atom. The molecular weight excluding hydrogens is 260 g/mol. The van der Waals surface area contributed by atoms with Crippen molar-refractivity contribution < 1.29 is 4.74 Å². The molecule has 0 radical (unpaired) electrons. The SMILES string of the molecule is CCC1CCC(C)N1C1Cc2ccc(OC)cc2C1NC. The summed E-state index contributed by atoms with van der Waals surface area (Å²) in [7, 11) is 3.84. The van der Waals surface area contributed by atoms with Crippen molar-refractivity contribution in [3.05, 3.63) is 29.3 Å². The van der Waals surface area contributed by atoms with Crippen molar-refractivity contribution in [3.8, 4) is 5.75 Å². The van der Waals surface area contributed by atoms with Crippen molar-refractivity contribution in [3.63, 3.8) is 0 Å². The molecule has 21 heavy (non-hydrogen) atoms. The van der Waals surface area contributed by atoms with Crippen LogP contribution in [-0.2, 0) is 6.42 Å². The standard InChI is InChI=1S/C18H28N2O/c1-5-14-8-6-12(2)20(14)17-10-13-7-9-15(21-4)11-16(13)18(17)19-3/h7,9,11-12,14,17-19H,5-6,8,10H2,1-4H3. The smallest absolute Gasteiger partial charge is 0.119 e. The van der Waals surface area contributed by atoms with Gasteiger partial charge in [-0.25, -0.2) is 0 Å². The predicted molar refractivity (Wildman–Crippen MR) is 86.9 cm³/mol. The van der Waals surface area contributed by atoms with E-state index < -0.39 is 0 Å². The summed E-state index contributed by atoms with van der Waals surface area (Å²) in [4.78, 5) is 2.79. The quantitative estimate of drug-likeness (QED) is 0.921. The van der Waals surface area contributed by atoms with Gasteiger partial charge in [0.05, 0.1) is 7.11 Å². The number of nitrogens with one attached hydrogen (secondary N) is 1. The third-order valence-electron chi connectivity index (χ3n) is 5.52. The number of likely N-dealkylation sites (N-methyl/N-ethyl adjacent to an activating group) is 1. The van der Waals surface area contributed by atoms with Crippen molar-refractivity contribution in [2.75, 3.05) is 14.2 Å². The van der Waals surface area contributed by atoms with Crippen LogP contribution in [-0.4, -0.2) is 37.2 Å². The van der Waals surface area contributed by atoms with Gasteiger partial charge in [-0.1, -0.05) is 13.0 Å². The van der Waals surface area contributed by atoms with Gasteiger partial charge in [0.15, 0.2) is 0 Å². The summed E-state index contributed by atoms with van der Waals surface area (Å²) < 4.78 is 5.42. The molecule has 0 spiro atoms. The fourth-order valence-corrected chi connectivity index (χ4v) is 4.46. The molecule has 0 aromatic heterocycles. The van der Waals surface area contributed by atoms with Crippen molar-refractivity contribution >= 4 is 0 Å². The Hall–Kier alpha value is -1.06. The maximum absolute atomic E-state index is 5.42. The second kappa shape index (κ2) is 5.98. The molecule has 1 fully saturated rings. The van der Waals surface area contributed by atoms with E-state index in [1.807, 2.05) is 0 Å². The highest BCUT2D eigenvalue weighted by molar-refractivity contribution is 5.43. The number of ether oxygens (including phenoxy) is 1. The maximum atomic E-state index is 5.42. The lowest BCUT2D eigenvalue weighted by molar-refractivity contribution is 0.113. The molecule has 1 saturated heterocycles. The Bertz CT molecular complexity index is 502. The summed E-state index contributed by atoms with van der Waals surface area (Å²) in [5, 5.41) is 3.57. The summed E-state index contributed by atoms with van der Waals surface area (Å²) in [5.74, 6) is 0.969. The number of likely N-dealkylation sites (tertiary alicyclic amines) is 1. The van der Waals surface area contributed by atoms with Crippen LogP contribution in [0.5, 0.6) is 5.75 Å². The van der Waals surface area contributed by atoms with Gasteiger partial charge in [0.1, 0.15) is 5.75 Å². The lowest BCUT2D eigenvalue weighted by atomic mass is 10.0. The molecule has 1 N–H and O–H groups in total. The molecule has 2 aliphatic rings. The third-order valence-corrected chi connectivity index (χ3v) is 5.52. The summed E-state index contributed by atoms with van der Waals surface area (Å²) in [6, 6.07) is 9.02. The van der Waals surface area contributed by atoms with Crippen LogP contribution < -0.4 is 10.1 Å². The summed E-state index contributed by atoms with van der Waals surface area (Å²) in [5.41, 5.74) is 2.91. The molecule has 1 heterocycles. The molecule has 116 valence electrons. The van der Waals surface area contributed by atoms with Gasteiger partial charge >= 0.3 is 0 Å². The minimum absolute atomic E-state index is 0.421. The van der Waals surface area contributed by atoms with Crippen molar-refractivity contribution in [1.29, 1.82) is 0 Å². The second-order valence-corrected chi connectivity index (χ2v) is 6.54. The van der Waals surface area contributed by atoms with Crippen LogP contribution in [0.3, 0.4) is 0 Å². The van der Waals surface area contributed by atoms with Gasteiger partial charge in [-0.15, -0.1) is 0 Å². The van der Waals surface area contributed by atoms with Gasteiger partial charge in [0, 0.05) is 24.2 Å². The topological polar surface area (TPSA) is 24.5 Å². The van der Waals surface area contributed by atoms with Crippen molar-refractivity contribution in [2.45, 2.75) is 63.7 Å². The van der Waals surface area contributed by atoms with E-state index in [4.69, 9.17) is 4.74 Å². The van der Waals surface area contributed by atoms with Gasteiger partial charge in [-0.05, 0) is 62.9 Å². The largest absolute Gasteiger partial charge is 0.497 e. The molecule has 1 aromatic carbocycles. The van der Waals surface area contributed by atoms with E-state index in [0.29, 0.717) is 18.1 Å². The number of hydrogen-bond donors (Lipinski definition) is 1. The fourth-order valence-electron chi connectivity index (χ4n) is 4.46. The van der Waals surface area contributed by atoms with Gasteiger partial charge in [0.25, 0.3) is 0 Å². The number of methoxy groups -OCH3 is 1. The molecular formula is C18H28N2O. The molecule has 4 unspecified atom stereocenters. The highest BCUT2D eigenvalue weighted by Crippen LogP contribution is 2.41. The molecule has 0 bridgehead atoms. The molecule has 3 rings (SSSR count). The first kappa shape index (κ1) is 14.9. The van der Waals surface area contributed by atoms with E-state index in [1.165, 1.54) is 30.4 Å². The van der Waals surface area contributed by atoms with Crippen molar-refractivity contribution in [1.82, 2.24) is 10.2 Å². The zero-order valence-corrected chi connectivity index (χ0v) is 13.7. The van der Waals surface area contributed by atoms with Crippen LogP contribution in [0.4, 0.5) is 0 Å². The average molecular weight is 288 g/mol. The van der Waals surface area contributed by atoms with E-state index in [0.717, 1.165) is 18.2 Å². The van der Waals surface area contributed by atoms with E-state index in [1.54, 1.807) is 7.11 Å². The molecule has 0 saturated carbocycles. The zero-order chi connectivity index (χ0) is 15.0. The molecule has 4 atom stereocenters. The Morgan fingerprint density at radius 2 is 2.14 bits per heavy atom. The average Bonchev–Trinajstić information content (AvgIpc) is 3.05. The maximum Gasteiger partial charge on any atom is 0.119 e. The van der Waals surface area contributed by atoms with Gasteiger partial charge in [0.2, 0.25) is 0 Å². The van der Waals surface area contributed by atoms with Gasteiger partial charge < -0.3 is 10.1 Å². The fraction of sp³-hybridized carbons (Fsp3) is 0.667. The molecule has 1 aromatic rings. The Morgan fingerprint density at radius 1 is 1.33 bits per heavy atom. The van der Waals surface area contributed by atoms with Gasteiger partial charge in [-0.3, -0.25) is 4.90 Å². The lowest BCUT2D eigenvalue weighted by Crippen LogP contribution is -2.47. The highest BCUT2D eigenvalue weighted by atomic mass is 16.5. The van der Waals surface area contributed by atoms with Crippen LogP contribution in [0.15, 0.2) is 18.2 Å². The summed E-state index contributed by atoms with van der Waals surface area (Å²) in [6.45, 7) is 4.72. The molecule has 1 aliphatic carbocycles. The lowest BCUT2D eigenvalue weighted by Gasteiger charge is -2.37. The number of benzene rings is 1. The Labute approximate surface area is 128 Å². The van der Waals surface area contributed by atoms with Crippen LogP contribution >= 0.6 is 0 Å². The Balaban J connectivity index is 1.91. The molecule has 3 nitrogen and oxygen atoms in total. The van der Waals surface area contributed by atoms with Crippen LogP contribution in [0.2, 0.25) is 0 Å². The summed E-state index contributed by atoms with van der Waals surface area (Å²) in [6.07, 6.45) is 5.11. The zero-order valence-electron chi connectivity index (χ0n) is 13.7. The number of fused-ring (bicyclic) bond motifs is 1. The van der Waals surface area contributed by atoms with E-state index >= 15 is 0 Å². The van der Waals surface area contributed by atoms with E-state index in [-0.39, 0.29) is 0 Å². The highest BCUT2D eigenvalue weighted by Gasteiger charge is 2.42. The third kappa shape index (κ3) is 2.47. The number of nitrogens with zero attached hydrogens (tertiary/aromatic N) is 1. The first-order chi connectivity index (χ1) is 10.2. The minimum Gasteiger partial charge on any atom is -0.497 e. The Kier molecular flexibility index (Phi) is 4.23. The van der Waals surface area contributed by atoms with Crippen LogP contribution in [0.1, 0.15) is 50.3 Å². The van der Waals surface area contributed by atoms with E-state index in [9.17, 15) is 0 Å².